The number of hydrogen-bond acceptors (Lipinski definition) is 4. The molecule has 0 radical (unpaired) electrons. The van der Waals surface area contributed by atoms with Gasteiger partial charge in [0, 0.05) is 18.7 Å². The third-order valence-corrected chi connectivity index (χ3v) is 3.73. The van der Waals surface area contributed by atoms with Crippen LogP contribution in [0.5, 0.6) is 5.75 Å². The molecule has 0 spiro atoms. The van der Waals surface area contributed by atoms with Crippen LogP contribution < -0.4 is 10.5 Å². The molecule has 0 unspecified atom stereocenters. The van der Waals surface area contributed by atoms with Crippen LogP contribution in [0.25, 0.3) is 0 Å². The summed E-state index contributed by atoms with van der Waals surface area (Å²) in [7, 11) is 1.64. The lowest BCUT2D eigenvalue weighted by atomic mass is 10.0. The highest BCUT2D eigenvalue weighted by Crippen LogP contribution is 2.32. The Morgan fingerprint density at radius 1 is 1.58 bits per heavy atom. The number of ether oxygens (including phenoxy) is 1. The number of carboxylic acids is 1. The van der Waals surface area contributed by atoms with Gasteiger partial charge in [-0.05, 0) is 19.0 Å². The highest BCUT2D eigenvalue weighted by Gasteiger charge is 2.33. The standard InChI is InChI=1S/C14H20N2O3/c1-19-13-5-3-2-4-11(13)12(8-15)16-7-6-10(9-16)14(17)18/h2-5,10,12H,6-9,15H2,1H3,(H,17,18)/t10-,12-/m0/s1. The Morgan fingerprint density at radius 2 is 2.32 bits per heavy atom. The molecule has 2 rings (SSSR count). The molecule has 3 N–H and O–H groups in total. The summed E-state index contributed by atoms with van der Waals surface area (Å²) in [4.78, 5) is 13.2. The Hall–Kier alpha value is -1.59. The normalized spacial score (nSPS) is 21.3. The minimum Gasteiger partial charge on any atom is -0.496 e. The first-order valence-corrected chi connectivity index (χ1v) is 6.47. The van der Waals surface area contributed by atoms with E-state index in [1.807, 2.05) is 24.3 Å². The molecule has 1 aromatic rings. The molecule has 0 aromatic heterocycles. The van der Waals surface area contributed by atoms with Crippen LogP contribution in [0.4, 0.5) is 0 Å². The molecule has 1 aliphatic rings. The molecule has 1 heterocycles. The van der Waals surface area contributed by atoms with Crippen molar-refractivity contribution in [3.63, 3.8) is 0 Å². The van der Waals surface area contributed by atoms with Crippen LogP contribution in [0.2, 0.25) is 0 Å². The fourth-order valence-corrected chi connectivity index (χ4v) is 2.69. The fraction of sp³-hybridized carbons (Fsp3) is 0.500. The number of benzene rings is 1. The Labute approximate surface area is 113 Å². The number of aliphatic carboxylic acids is 1. The third kappa shape index (κ3) is 2.88. The molecule has 1 fully saturated rings. The smallest absolute Gasteiger partial charge is 0.307 e. The number of hydrogen-bond donors (Lipinski definition) is 2. The molecule has 0 bridgehead atoms. The number of rotatable bonds is 5. The van der Waals surface area contributed by atoms with Crippen molar-refractivity contribution in [1.82, 2.24) is 4.90 Å². The fourth-order valence-electron chi connectivity index (χ4n) is 2.69. The summed E-state index contributed by atoms with van der Waals surface area (Å²) in [6.07, 6.45) is 0.682. The maximum absolute atomic E-state index is 11.0. The number of carboxylic acid groups (broad SMARTS) is 1. The first-order valence-electron chi connectivity index (χ1n) is 6.47. The van der Waals surface area contributed by atoms with Crippen molar-refractivity contribution in [2.45, 2.75) is 12.5 Å². The number of nitrogens with two attached hydrogens (primary N) is 1. The first kappa shape index (κ1) is 13.8. The van der Waals surface area contributed by atoms with E-state index < -0.39 is 5.97 Å². The van der Waals surface area contributed by atoms with Gasteiger partial charge in [0.15, 0.2) is 0 Å². The van der Waals surface area contributed by atoms with Crippen molar-refractivity contribution >= 4 is 5.97 Å². The van der Waals surface area contributed by atoms with Crippen molar-refractivity contribution in [2.75, 3.05) is 26.7 Å². The van der Waals surface area contributed by atoms with Crippen LogP contribution >= 0.6 is 0 Å². The molecule has 0 amide bonds. The van der Waals surface area contributed by atoms with Gasteiger partial charge in [-0.15, -0.1) is 0 Å². The van der Waals surface area contributed by atoms with Gasteiger partial charge in [0.25, 0.3) is 0 Å². The Balaban J connectivity index is 2.19. The van der Waals surface area contributed by atoms with Crippen molar-refractivity contribution in [2.24, 2.45) is 11.7 Å². The second-order valence-corrected chi connectivity index (χ2v) is 4.81. The maximum Gasteiger partial charge on any atom is 0.307 e. The van der Waals surface area contributed by atoms with Gasteiger partial charge < -0.3 is 15.6 Å². The van der Waals surface area contributed by atoms with Crippen molar-refractivity contribution in [3.05, 3.63) is 29.8 Å². The van der Waals surface area contributed by atoms with Gasteiger partial charge in [-0.25, -0.2) is 0 Å². The van der Waals surface area contributed by atoms with Gasteiger partial charge in [-0.3, -0.25) is 9.69 Å². The SMILES string of the molecule is COc1ccccc1[C@H](CN)N1CC[C@H](C(=O)O)C1. The van der Waals surface area contributed by atoms with Crippen LogP contribution in [0.15, 0.2) is 24.3 Å². The molecule has 5 nitrogen and oxygen atoms in total. The monoisotopic (exact) mass is 264 g/mol. The molecular formula is C14H20N2O3. The van der Waals surface area contributed by atoms with E-state index in [1.54, 1.807) is 7.11 Å². The second-order valence-electron chi connectivity index (χ2n) is 4.81. The van der Waals surface area contributed by atoms with E-state index in [2.05, 4.69) is 4.90 Å². The Bertz CT molecular complexity index is 450. The van der Waals surface area contributed by atoms with Crippen LogP contribution in [-0.4, -0.2) is 42.7 Å². The van der Waals surface area contributed by atoms with Crippen LogP contribution in [0.1, 0.15) is 18.0 Å². The highest BCUT2D eigenvalue weighted by atomic mass is 16.5. The van der Waals surface area contributed by atoms with Gasteiger partial charge in [0.05, 0.1) is 19.1 Å². The minimum atomic E-state index is -0.724. The summed E-state index contributed by atoms with van der Waals surface area (Å²) in [6.45, 7) is 1.76. The topological polar surface area (TPSA) is 75.8 Å². The first-order chi connectivity index (χ1) is 9.17. The Kier molecular flexibility index (Phi) is 4.39. The van der Waals surface area contributed by atoms with Gasteiger partial charge in [-0.1, -0.05) is 18.2 Å². The van der Waals surface area contributed by atoms with E-state index in [1.165, 1.54) is 0 Å². The molecule has 0 saturated carbocycles. The summed E-state index contributed by atoms with van der Waals surface area (Å²) in [6, 6.07) is 7.78. The van der Waals surface area contributed by atoms with Gasteiger partial charge in [0.1, 0.15) is 5.75 Å². The molecule has 19 heavy (non-hydrogen) atoms. The quantitative estimate of drug-likeness (QED) is 0.833. The van der Waals surface area contributed by atoms with E-state index in [0.29, 0.717) is 19.5 Å². The number of likely N-dealkylation sites (tertiary alicyclic amines) is 1. The minimum absolute atomic E-state index is 0.0144. The van der Waals surface area contributed by atoms with E-state index >= 15 is 0 Å². The predicted molar refractivity (Wildman–Crippen MR) is 72.1 cm³/mol. The van der Waals surface area contributed by atoms with Gasteiger partial charge in [0.2, 0.25) is 0 Å². The average molecular weight is 264 g/mol. The van der Waals surface area contributed by atoms with E-state index in [-0.39, 0.29) is 12.0 Å². The average Bonchev–Trinajstić information content (AvgIpc) is 2.90. The lowest BCUT2D eigenvalue weighted by Crippen LogP contribution is -2.33. The molecule has 1 aliphatic heterocycles. The number of para-hydroxylation sites is 1. The van der Waals surface area contributed by atoms with Crippen molar-refractivity contribution in [1.29, 1.82) is 0 Å². The predicted octanol–water partition coefficient (Wildman–Crippen LogP) is 1.10. The van der Waals surface area contributed by atoms with E-state index in [9.17, 15) is 4.79 Å². The molecule has 5 heteroatoms. The number of nitrogens with zero attached hydrogens (tertiary/aromatic N) is 1. The number of carbonyl (C=O) groups is 1. The molecule has 1 saturated heterocycles. The van der Waals surface area contributed by atoms with Crippen molar-refractivity contribution in [3.8, 4) is 5.75 Å². The third-order valence-electron chi connectivity index (χ3n) is 3.73. The zero-order valence-electron chi connectivity index (χ0n) is 11.1. The van der Waals surface area contributed by atoms with Gasteiger partial charge >= 0.3 is 5.97 Å². The van der Waals surface area contributed by atoms with Gasteiger partial charge in [-0.2, -0.15) is 0 Å². The summed E-state index contributed by atoms with van der Waals surface area (Å²) in [5, 5.41) is 9.07. The lowest BCUT2D eigenvalue weighted by molar-refractivity contribution is -0.141. The summed E-state index contributed by atoms with van der Waals surface area (Å²) < 4.78 is 5.36. The molecule has 2 atom stereocenters. The zero-order chi connectivity index (χ0) is 13.8. The summed E-state index contributed by atoms with van der Waals surface area (Å²) in [5.74, 6) is -0.209. The molecule has 104 valence electrons. The molecule has 0 aliphatic carbocycles. The van der Waals surface area contributed by atoms with E-state index in [0.717, 1.165) is 17.9 Å². The van der Waals surface area contributed by atoms with Crippen molar-refractivity contribution < 1.29 is 14.6 Å². The maximum atomic E-state index is 11.0. The summed E-state index contributed by atoms with van der Waals surface area (Å²) >= 11 is 0. The van der Waals surface area contributed by atoms with Crippen LogP contribution in [0, 0.1) is 5.92 Å². The molecule has 1 aromatic carbocycles. The zero-order valence-corrected chi connectivity index (χ0v) is 11.1. The lowest BCUT2D eigenvalue weighted by Gasteiger charge is -2.28. The number of methoxy groups -OCH3 is 1. The summed E-state index contributed by atoms with van der Waals surface area (Å²) in [5.41, 5.74) is 6.91. The van der Waals surface area contributed by atoms with Crippen LogP contribution in [0.3, 0.4) is 0 Å². The second kappa shape index (κ2) is 6.04. The van der Waals surface area contributed by atoms with Crippen LogP contribution in [-0.2, 0) is 4.79 Å². The Morgan fingerprint density at radius 3 is 2.89 bits per heavy atom. The molecular weight excluding hydrogens is 244 g/mol. The largest absolute Gasteiger partial charge is 0.496 e. The van der Waals surface area contributed by atoms with E-state index in [4.69, 9.17) is 15.6 Å². The highest BCUT2D eigenvalue weighted by molar-refractivity contribution is 5.70.